The van der Waals surface area contributed by atoms with Gasteiger partial charge in [-0.1, -0.05) is 13.0 Å². The fourth-order valence-corrected chi connectivity index (χ4v) is 2.34. The van der Waals surface area contributed by atoms with E-state index < -0.39 is 0 Å². The van der Waals surface area contributed by atoms with Crippen molar-refractivity contribution in [2.45, 2.75) is 19.9 Å². The van der Waals surface area contributed by atoms with Gasteiger partial charge in [0, 0.05) is 19.8 Å². The third kappa shape index (κ3) is 2.57. The number of aryl methyl sites for hydroxylation is 2. The van der Waals surface area contributed by atoms with Gasteiger partial charge in [-0.3, -0.25) is 4.68 Å². The Balaban J connectivity index is 1.71. The molecule has 0 saturated carbocycles. The summed E-state index contributed by atoms with van der Waals surface area (Å²) in [6.45, 7) is 4.10. The fraction of sp³-hybridized carbons (Fsp3) is 0.400. The maximum absolute atomic E-state index is 5.60. The zero-order chi connectivity index (χ0) is 13.9. The molecule has 2 heterocycles. The van der Waals surface area contributed by atoms with Crippen molar-refractivity contribution >= 4 is 5.69 Å². The summed E-state index contributed by atoms with van der Waals surface area (Å²) in [5.41, 5.74) is 3.34. The summed E-state index contributed by atoms with van der Waals surface area (Å²) in [6.07, 6.45) is 2.93. The van der Waals surface area contributed by atoms with E-state index in [1.54, 1.807) is 0 Å². The molecule has 0 spiro atoms. The topological polar surface area (TPSA) is 48.3 Å². The van der Waals surface area contributed by atoms with Crippen molar-refractivity contribution in [2.24, 2.45) is 7.05 Å². The molecule has 5 nitrogen and oxygen atoms in total. The van der Waals surface area contributed by atoms with Crippen molar-refractivity contribution in [1.82, 2.24) is 9.78 Å². The first kappa shape index (κ1) is 12.8. The molecule has 3 rings (SSSR count). The van der Waals surface area contributed by atoms with Crippen LogP contribution in [-0.4, -0.2) is 23.0 Å². The van der Waals surface area contributed by atoms with Crippen LogP contribution in [0.25, 0.3) is 0 Å². The molecule has 0 bridgehead atoms. The smallest absolute Gasteiger partial charge is 0.161 e. The van der Waals surface area contributed by atoms with E-state index in [1.165, 1.54) is 5.56 Å². The highest BCUT2D eigenvalue weighted by Crippen LogP contribution is 2.31. The van der Waals surface area contributed by atoms with Crippen LogP contribution in [0.2, 0.25) is 0 Å². The van der Waals surface area contributed by atoms with E-state index in [-0.39, 0.29) is 0 Å². The van der Waals surface area contributed by atoms with Crippen molar-refractivity contribution in [2.75, 3.05) is 18.5 Å². The van der Waals surface area contributed by atoms with E-state index in [4.69, 9.17) is 9.47 Å². The number of ether oxygens (including phenoxy) is 2. The molecule has 20 heavy (non-hydrogen) atoms. The van der Waals surface area contributed by atoms with Crippen LogP contribution in [0.1, 0.15) is 18.2 Å². The second-order valence-electron chi connectivity index (χ2n) is 4.85. The van der Waals surface area contributed by atoms with E-state index in [0.29, 0.717) is 13.2 Å². The molecular weight excluding hydrogens is 254 g/mol. The average Bonchev–Trinajstić information content (AvgIpc) is 2.85. The molecule has 0 atom stereocenters. The lowest BCUT2D eigenvalue weighted by Gasteiger charge is -2.19. The summed E-state index contributed by atoms with van der Waals surface area (Å²) in [6, 6.07) is 6.06. The number of nitrogens with zero attached hydrogens (tertiary/aromatic N) is 2. The third-order valence-corrected chi connectivity index (χ3v) is 3.33. The van der Waals surface area contributed by atoms with Crippen LogP contribution in [-0.2, 0) is 20.0 Å². The van der Waals surface area contributed by atoms with Crippen molar-refractivity contribution in [3.63, 3.8) is 0 Å². The van der Waals surface area contributed by atoms with Crippen molar-refractivity contribution < 1.29 is 9.47 Å². The van der Waals surface area contributed by atoms with Gasteiger partial charge in [0.15, 0.2) is 11.5 Å². The summed E-state index contributed by atoms with van der Waals surface area (Å²) in [5, 5.41) is 7.85. The first-order valence-corrected chi connectivity index (χ1v) is 6.91. The number of rotatable bonds is 4. The molecule has 0 unspecified atom stereocenters. The number of hydrogen-bond donors (Lipinski definition) is 1. The number of benzene rings is 1. The van der Waals surface area contributed by atoms with E-state index in [9.17, 15) is 0 Å². The van der Waals surface area contributed by atoms with Crippen LogP contribution in [0.4, 0.5) is 5.69 Å². The van der Waals surface area contributed by atoms with Gasteiger partial charge in [-0.2, -0.15) is 5.10 Å². The van der Waals surface area contributed by atoms with Gasteiger partial charge in [0.2, 0.25) is 0 Å². The summed E-state index contributed by atoms with van der Waals surface area (Å²) >= 11 is 0. The normalized spacial score (nSPS) is 13.3. The molecule has 0 amide bonds. The second-order valence-corrected chi connectivity index (χ2v) is 4.85. The second kappa shape index (κ2) is 5.45. The van der Waals surface area contributed by atoms with Crippen molar-refractivity contribution in [3.05, 3.63) is 35.7 Å². The van der Waals surface area contributed by atoms with Gasteiger partial charge >= 0.3 is 0 Å². The Morgan fingerprint density at radius 1 is 1.25 bits per heavy atom. The van der Waals surface area contributed by atoms with Crippen LogP contribution >= 0.6 is 0 Å². The number of aromatic nitrogens is 2. The lowest BCUT2D eigenvalue weighted by Crippen LogP contribution is -2.15. The zero-order valence-corrected chi connectivity index (χ0v) is 11.8. The molecule has 0 aliphatic carbocycles. The highest BCUT2D eigenvalue weighted by Gasteiger charge is 2.12. The van der Waals surface area contributed by atoms with Crippen LogP contribution in [0, 0.1) is 0 Å². The van der Waals surface area contributed by atoms with Crippen LogP contribution in [0.15, 0.2) is 24.4 Å². The highest BCUT2D eigenvalue weighted by molar-refractivity contribution is 5.49. The number of hydrogen-bond acceptors (Lipinski definition) is 4. The maximum atomic E-state index is 5.60. The van der Waals surface area contributed by atoms with E-state index in [2.05, 4.69) is 23.4 Å². The first-order chi connectivity index (χ1) is 9.76. The number of anilines is 1. The predicted octanol–water partition coefficient (Wildman–Crippen LogP) is 2.37. The summed E-state index contributed by atoms with van der Waals surface area (Å²) < 4.78 is 13.0. The Bertz CT molecular complexity index is 607. The van der Waals surface area contributed by atoms with E-state index in [1.807, 2.05) is 30.1 Å². The molecular formula is C15H19N3O2. The van der Waals surface area contributed by atoms with Crippen LogP contribution in [0.3, 0.4) is 0 Å². The molecule has 2 aromatic rings. The monoisotopic (exact) mass is 273 g/mol. The Labute approximate surface area is 118 Å². The minimum atomic E-state index is 0.618. The summed E-state index contributed by atoms with van der Waals surface area (Å²) in [7, 11) is 1.94. The number of nitrogens with one attached hydrogen (secondary N) is 1. The predicted molar refractivity (Wildman–Crippen MR) is 77.3 cm³/mol. The average molecular weight is 273 g/mol. The SMILES string of the molecule is CCc1nn(C)cc1NCc1ccc2c(c1)OCCO2. The Kier molecular flexibility index (Phi) is 3.50. The highest BCUT2D eigenvalue weighted by atomic mass is 16.6. The van der Waals surface area contributed by atoms with Crippen LogP contribution in [0.5, 0.6) is 11.5 Å². The quantitative estimate of drug-likeness (QED) is 0.929. The summed E-state index contributed by atoms with van der Waals surface area (Å²) in [5.74, 6) is 1.66. The van der Waals surface area contributed by atoms with Gasteiger partial charge < -0.3 is 14.8 Å². The minimum absolute atomic E-state index is 0.618. The van der Waals surface area contributed by atoms with Gasteiger partial charge in [0.1, 0.15) is 13.2 Å². The Morgan fingerprint density at radius 3 is 2.85 bits per heavy atom. The van der Waals surface area contributed by atoms with Gasteiger partial charge in [-0.25, -0.2) is 0 Å². The molecule has 0 radical (unpaired) electrons. The molecule has 5 heteroatoms. The third-order valence-electron chi connectivity index (χ3n) is 3.33. The Morgan fingerprint density at radius 2 is 2.05 bits per heavy atom. The van der Waals surface area contributed by atoms with Gasteiger partial charge in [-0.05, 0) is 24.1 Å². The molecule has 1 N–H and O–H groups in total. The molecule has 1 aromatic carbocycles. The minimum Gasteiger partial charge on any atom is -0.486 e. The maximum Gasteiger partial charge on any atom is 0.161 e. The van der Waals surface area contributed by atoms with Crippen LogP contribution < -0.4 is 14.8 Å². The van der Waals surface area contributed by atoms with Gasteiger partial charge in [-0.15, -0.1) is 0 Å². The zero-order valence-electron chi connectivity index (χ0n) is 11.8. The van der Waals surface area contributed by atoms with Gasteiger partial charge in [0.25, 0.3) is 0 Å². The first-order valence-electron chi connectivity index (χ1n) is 6.91. The summed E-state index contributed by atoms with van der Waals surface area (Å²) in [4.78, 5) is 0. The molecule has 1 aliphatic heterocycles. The molecule has 1 aliphatic rings. The standard InChI is InChI=1S/C15H19N3O2/c1-3-12-13(10-18(2)17-12)16-9-11-4-5-14-15(8-11)20-7-6-19-14/h4-5,8,10,16H,3,6-7,9H2,1-2H3. The molecule has 1 aromatic heterocycles. The number of fused-ring (bicyclic) bond motifs is 1. The lowest BCUT2D eigenvalue weighted by molar-refractivity contribution is 0.171. The van der Waals surface area contributed by atoms with E-state index >= 15 is 0 Å². The van der Waals surface area contributed by atoms with Gasteiger partial charge in [0.05, 0.1) is 11.4 Å². The molecule has 0 saturated heterocycles. The van der Waals surface area contributed by atoms with Crippen molar-refractivity contribution in [3.8, 4) is 11.5 Å². The molecule has 106 valence electrons. The van der Waals surface area contributed by atoms with Crippen molar-refractivity contribution in [1.29, 1.82) is 0 Å². The van der Waals surface area contributed by atoms with E-state index in [0.717, 1.165) is 35.8 Å². The Hall–Kier alpha value is -2.17. The lowest BCUT2D eigenvalue weighted by atomic mass is 10.2. The molecule has 0 fully saturated rings. The fourth-order valence-electron chi connectivity index (χ4n) is 2.34. The largest absolute Gasteiger partial charge is 0.486 e.